The van der Waals surface area contributed by atoms with Gasteiger partial charge in [0.25, 0.3) is 10.0 Å². The minimum absolute atomic E-state index is 0.155. The van der Waals surface area contributed by atoms with Gasteiger partial charge in [-0.2, -0.15) is 0 Å². The fourth-order valence-corrected chi connectivity index (χ4v) is 4.60. The summed E-state index contributed by atoms with van der Waals surface area (Å²) in [5.41, 5.74) is 0.908. The van der Waals surface area contributed by atoms with E-state index in [1.54, 1.807) is 31.2 Å². The van der Waals surface area contributed by atoms with E-state index >= 15 is 0 Å². The highest BCUT2D eigenvalue weighted by atomic mass is 32.2. The Morgan fingerprint density at radius 1 is 0.939 bits per heavy atom. The van der Waals surface area contributed by atoms with E-state index < -0.39 is 40.2 Å². The molecule has 6 nitrogen and oxygen atoms in total. The van der Waals surface area contributed by atoms with E-state index in [1.807, 2.05) is 6.92 Å². The van der Waals surface area contributed by atoms with Crippen molar-refractivity contribution in [2.75, 3.05) is 17.5 Å². The highest BCUT2D eigenvalue weighted by Gasteiger charge is 2.28. The summed E-state index contributed by atoms with van der Waals surface area (Å²) in [4.78, 5) is 12.6. The number of rotatable bonds is 9. The molecule has 0 saturated heterocycles. The molecule has 0 aliphatic carbocycles. The number of carbonyl (C=O) groups is 1. The molecule has 0 fully saturated rings. The lowest BCUT2D eigenvalue weighted by Gasteiger charge is -2.25. The van der Waals surface area contributed by atoms with Crippen LogP contribution < -0.4 is 14.4 Å². The van der Waals surface area contributed by atoms with Crippen molar-refractivity contribution in [1.82, 2.24) is 5.32 Å². The summed E-state index contributed by atoms with van der Waals surface area (Å²) in [6.45, 7) is 3.46. The lowest BCUT2D eigenvalue weighted by atomic mass is 10.1. The van der Waals surface area contributed by atoms with Crippen LogP contribution in [-0.2, 0) is 14.8 Å². The second-order valence-electron chi connectivity index (χ2n) is 7.23. The number of halogens is 2. The maximum absolute atomic E-state index is 13.3. The zero-order chi connectivity index (χ0) is 24.0. The fraction of sp³-hybridized carbons (Fsp3) is 0.208. The Morgan fingerprint density at radius 3 is 2.03 bits per heavy atom. The molecule has 0 unspecified atom stereocenters. The van der Waals surface area contributed by atoms with Crippen molar-refractivity contribution in [1.29, 1.82) is 0 Å². The summed E-state index contributed by atoms with van der Waals surface area (Å²) in [6.07, 6.45) is 0. The van der Waals surface area contributed by atoms with Gasteiger partial charge in [0, 0.05) is 0 Å². The van der Waals surface area contributed by atoms with Crippen LogP contribution in [0.5, 0.6) is 5.75 Å². The van der Waals surface area contributed by atoms with E-state index in [4.69, 9.17) is 4.74 Å². The third-order valence-corrected chi connectivity index (χ3v) is 6.66. The van der Waals surface area contributed by atoms with Crippen LogP contribution in [0.1, 0.15) is 25.5 Å². The third kappa shape index (κ3) is 6.07. The van der Waals surface area contributed by atoms with E-state index in [0.29, 0.717) is 17.9 Å². The first-order valence-electron chi connectivity index (χ1n) is 10.3. The number of ether oxygens (including phenoxy) is 1. The molecule has 3 aromatic rings. The molecule has 1 amide bonds. The van der Waals surface area contributed by atoms with Crippen molar-refractivity contribution in [3.63, 3.8) is 0 Å². The fourth-order valence-electron chi connectivity index (χ4n) is 3.18. The number of anilines is 1. The van der Waals surface area contributed by atoms with Crippen LogP contribution in [-0.4, -0.2) is 27.5 Å². The van der Waals surface area contributed by atoms with Crippen LogP contribution in [0.3, 0.4) is 0 Å². The standard InChI is InChI=1S/C24H24F2N2O4S/c1-3-32-22-12-10-21(11-13-22)28(33(30,31)23-14-8-20(26)9-15-23)16-24(29)27-17(2)18-4-6-19(25)7-5-18/h4-15,17H,3,16H2,1-2H3,(H,27,29)/t17-/m1/s1. The Kier molecular flexibility index (Phi) is 7.65. The quantitative estimate of drug-likeness (QED) is 0.498. The summed E-state index contributed by atoms with van der Waals surface area (Å²) >= 11 is 0. The minimum Gasteiger partial charge on any atom is -0.494 e. The molecular formula is C24H24F2N2O4S. The number of amides is 1. The van der Waals surface area contributed by atoms with Gasteiger partial charge in [0.05, 0.1) is 23.2 Å². The summed E-state index contributed by atoms with van der Waals surface area (Å²) in [7, 11) is -4.18. The SMILES string of the molecule is CCOc1ccc(N(CC(=O)N[C@H](C)c2ccc(F)cc2)S(=O)(=O)c2ccc(F)cc2)cc1. The third-order valence-electron chi connectivity index (χ3n) is 4.87. The molecule has 0 radical (unpaired) electrons. The second kappa shape index (κ2) is 10.4. The molecule has 0 aromatic heterocycles. The van der Waals surface area contributed by atoms with E-state index in [9.17, 15) is 22.0 Å². The lowest BCUT2D eigenvalue weighted by Crippen LogP contribution is -2.41. The van der Waals surface area contributed by atoms with Gasteiger partial charge in [-0.1, -0.05) is 12.1 Å². The summed E-state index contributed by atoms with van der Waals surface area (Å²) in [5, 5.41) is 2.73. The highest BCUT2D eigenvalue weighted by molar-refractivity contribution is 7.92. The minimum atomic E-state index is -4.18. The van der Waals surface area contributed by atoms with Gasteiger partial charge in [-0.25, -0.2) is 17.2 Å². The summed E-state index contributed by atoms with van der Waals surface area (Å²) in [5.74, 6) is -0.988. The highest BCUT2D eigenvalue weighted by Crippen LogP contribution is 2.26. The van der Waals surface area contributed by atoms with Crippen molar-refractivity contribution in [3.8, 4) is 5.75 Å². The maximum atomic E-state index is 13.3. The molecule has 0 aliphatic rings. The van der Waals surface area contributed by atoms with Gasteiger partial charge < -0.3 is 10.1 Å². The van der Waals surface area contributed by atoms with Crippen LogP contribution in [0, 0.1) is 11.6 Å². The van der Waals surface area contributed by atoms with Gasteiger partial charge in [-0.05, 0) is 80.1 Å². The Labute approximate surface area is 191 Å². The van der Waals surface area contributed by atoms with Gasteiger partial charge in [0.1, 0.15) is 23.9 Å². The van der Waals surface area contributed by atoms with Crippen molar-refractivity contribution in [3.05, 3.63) is 90.0 Å². The molecule has 33 heavy (non-hydrogen) atoms. The normalized spacial score (nSPS) is 12.1. The average Bonchev–Trinajstić information content (AvgIpc) is 2.79. The zero-order valence-corrected chi connectivity index (χ0v) is 19.0. The molecule has 3 aromatic carbocycles. The van der Waals surface area contributed by atoms with Gasteiger partial charge in [0.15, 0.2) is 0 Å². The Balaban J connectivity index is 1.88. The monoisotopic (exact) mass is 474 g/mol. The molecule has 0 heterocycles. The second-order valence-corrected chi connectivity index (χ2v) is 9.10. The van der Waals surface area contributed by atoms with Crippen LogP contribution in [0.2, 0.25) is 0 Å². The molecular weight excluding hydrogens is 450 g/mol. The van der Waals surface area contributed by atoms with Gasteiger partial charge >= 0.3 is 0 Å². The molecule has 0 spiro atoms. The lowest BCUT2D eigenvalue weighted by molar-refractivity contribution is -0.120. The zero-order valence-electron chi connectivity index (χ0n) is 18.2. The summed E-state index contributed by atoms with van der Waals surface area (Å²) in [6, 6.07) is 15.8. The molecule has 174 valence electrons. The number of nitrogens with zero attached hydrogens (tertiary/aromatic N) is 1. The number of sulfonamides is 1. The molecule has 0 aliphatic heterocycles. The van der Waals surface area contributed by atoms with Crippen molar-refractivity contribution < 1.29 is 26.7 Å². The first-order valence-corrected chi connectivity index (χ1v) is 11.7. The van der Waals surface area contributed by atoms with E-state index in [0.717, 1.165) is 28.6 Å². The number of hydrogen-bond donors (Lipinski definition) is 1. The van der Waals surface area contributed by atoms with Crippen LogP contribution in [0.25, 0.3) is 0 Å². The predicted octanol–water partition coefficient (Wildman–Crippen LogP) is 4.44. The Morgan fingerprint density at radius 2 is 1.48 bits per heavy atom. The number of nitrogens with one attached hydrogen (secondary N) is 1. The van der Waals surface area contributed by atoms with Crippen molar-refractivity contribution in [2.45, 2.75) is 24.8 Å². The predicted molar refractivity (Wildman–Crippen MR) is 122 cm³/mol. The molecule has 0 bridgehead atoms. The van der Waals surface area contributed by atoms with Crippen LogP contribution >= 0.6 is 0 Å². The van der Waals surface area contributed by atoms with E-state index in [1.165, 1.54) is 24.3 Å². The van der Waals surface area contributed by atoms with Crippen LogP contribution in [0.4, 0.5) is 14.5 Å². The number of hydrogen-bond acceptors (Lipinski definition) is 4. The van der Waals surface area contributed by atoms with Crippen LogP contribution in [0.15, 0.2) is 77.7 Å². The van der Waals surface area contributed by atoms with E-state index in [2.05, 4.69) is 5.32 Å². The number of carbonyl (C=O) groups excluding carboxylic acids is 1. The molecule has 1 N–H and O–H groups in total. The molecule has 1 atom stereocenters. The van der Waals surface area contributed by atoms with Gasteiger partial charge in [0.2, 0.25) is 5.91 Å². The average molecular weight is 475 g/mol. The molecule has 0 saturated carbocycles. The molecule has 9 heteroatoms. The first-order chi connectivity index (χ1) is 15.7. The maximum Gasteiger partial charge on any atom is 0.264 e. The molecule has 3 rings (SSSR count). The Bertz CT molecular complexity index is 1180. The van der Waals surface area contributed by atoms with Gasteiger partial charge in [-0.3, -0.25) is 9.10 Å². The van der Waals surface area contributed by atoms with Gasteiger partial charge in [-0.15, -0.1) is 0 Å². The summed E-state index contributed by atoms with van der Waals surface area (Å²) < 4.78 is 59.5. The first kappa shape index (κ1) is 24.2. The van der Waals surface area contributed by atoms with Crippen molar-refractivity contribution in [2.24, 2.45) is 0 Å². The Hall–Kier alpha value is -3.46. The number of benzene rings is 3. The smallest absolute Gasteiger partial charge is 0.264 e. The topological polar surface area (TPSA) is 75.7 Å². The van der Waals surface area contributed by atoms with E-state index in [-0.39, 0.29) is 10.6 Å². The largest absolute Gasteiger partial charge is 0.494 e. The van der Waals surface area contributed by atoms with Crippen molar-refractivity contribution >= 4 is 21.6 Å².